The van der Waals surface area contributed by atoms with Crippen molar-refractivity contribution in [3.8, 4) is 11.5 Å². The topological polar surface area (TPSA) is 34.2 Å². The van der Waals surface area contributed by atoms with Crippen LogP contribution in [0.15, 0.2) is 30.3 Å². The maximum atomic E-state index is 7.05. The van der Waals surface area contributed by atoms with Crippen molar-refractivity contribution < 1.29 is 14.2 Å². The third kappa shape index (κ3) is 2.97. The average Bonchev–Trinajstić information content (AvgIpc) is 2.83. The highest BCUT2D eigenvalue weighted by atomic mass is 16.6. The van der Waals surface area contributed by atoms with E-state index in [0.29, 0.717) is 0 Å². The van der Waals surface area contributed by atoms with Crippen LogP contribution in [0.2, 0.25) is 0 Å². The predicted molar refractivity (Wildman–Crippen MR) is 119 cm³/mol. The Morgan fingerprint density at radius 1 is 0.867 bits per heavy atom. The number of benzene rings is 2. The second-order valence-electron chi connectivity index (χ2n) is 9.21. The van der Waals surface area contributed by atoms with E-state index in [2.05, 4.69) is 40.1 Å². The van der Waals surface area contributed by atoms with E-state index in [4.69, 9.17) is 14.2 Å². The van der Waals surface area contributed by atoms with Crippen molar-refractivity contribution in [2.75, 3.05) is 44.3 Å². The number of hydrogen-bond donors (Lipinski definition) is 0. The fourth-order valence-corrected chi connectivity index (χ4v) is 5.96. The Hall–Kier alpha value is -1.98. The van der Waals surface area contributed by atoms with Gasteiger partial charge in [-0.3, -0.25) is 4.90 Å². The van der Waals surface area contributed by atoms with Gasteiger partial charge in [0, 0.05) is 55.1 Å². The smallest absolute Gasteiger partial charge is 0.200 e. The van der Waals surface area contributed by atoms with Gasteiger partial charge in [0.1, 0.15) is 0 Å². The molecule has 2 aromatic carbocycles. The molecule has 0 bridgehead atoms. The molecular weight excluding hydrogens is 376 g/mol. The zero-order valence-electron chi connectivity index (χ0n) is 17.8. The lowest BCUT2D eigenvalue weighted by Gasteiger charge is -2.53. The Morgan fingerprint density at radius 2 is 1.67 bits per heavy atom. The van der Waals surface area contributed by atoms with Crippen molar-refractivity contribution in [1.29, 1.82) is 0 Å². The molecule has 3 fully saturated rings. The van der Waals surface area contributed by atoms with Gasteiger partial charge < -0.3 is 19.1 Å². The molecule has 0 amide bonds. The number of likely N-dealkylation sites (tertiary alicyclic amines) is 1. The highest BCUT2D eigenvalue weighted by Crippen LogP contribution is 2.51. The van der Waals surface area contributed by atoms with Gasteiger partial charge in [-0.05, 0) is 32.1 Å². The normalized spacial score (nSPS) is 29.6. The number of ether oxygens (including phenoxy) is 3. The maximum absolute atomic E-state index is 7.05. The van der Waals surface area contributed by atoms with Gasteiger partial charge in [-0.15, -0.1) is 0 Å². The Morgan fingerprint density at radius 3 is 2.50 bits per heavy atom. The SMILES string of the molecule is c1ccc2c3c(cc(N4CCOCC4)c2c1)O[C@]1(N2CCCCC2)CCCC[C@@H]1O3. The molecule has 2 saturated heterocycles. The highest BCUT2D eigenvalue weighted by molar-refractivity contribution is 6.00. The first-order valence-corrected chi connectivity index (χ1v) is 11.8. The van der Waals surface area contributed by atoms with Crippen LogP contribution < -0.4 is 14.4 Å². The fraction of sp³-hybridized carbons (Fsp3) is 0.600. The van der Waals surface area contributed by atoms with E-state index < -0.39 is 0 Å². The average molecular weight is 409 g/mol. The summed E-state index contributed by atoms with van der Waals surface area (Å²) < 4.78 is 19.5. The van der Waals surface area contributed by atoms with Gasteiger partial charge in [-0.1, -0.05) is 30.7 Å². The number of morpholine rings is 1. The maximum Gasteiger partial charge on any atom is 0.200 e. The van der Waals surface area contributed by atoms with Crippen LogP contribution in [0.5, 0.6) is 11.5 Å². The summed E-state index contributed by atoms with van der Waals surface area (Å²) in [6, 6.07) is 10.9. The number of nitrogens with zero attached hydrogens (tertiary/aromatic N) is 2. The van der Waals surface area contributed by atoms with E-state index in [1.54, 1.807) is 0 Å². The Bertz CT molecular complexity index is 920. The van der Waals surface area contributed by atoms with Gasteiger partial charge in [0.2, 0.25) is 5.72 Å². The second-order valence-corrected chi connectivity index (χ2v) is 9.21. The van der Waals surface area contributed by atoms with Crippen LogP contribution in [0, 0.1) is 0 Å². The lowest BCUT2D eigenvalue weighted by molar-refractivity contribution is -0.190. The Labute approximate surface area is 178 Å². The molecule has 1 aliphatic carbocycles. The minimum absolute atomic E-state index is 0.120. The summed E-state index contributed by atoms with van der Waals surface area (Å²) in [6.45, 7) is 5.65. The van der Waals surface area contributed by atoms with Crippen LogP contribution in [0.3, 0.4) is 0 Å². The molecule has 6 rings (SSSR count). The van der Waals surface area contributed by atoms with E-state index in [0.717, 1.165) is 63.7 Å². The van der Waals surface area contributed by atoms with E-state index in [1.165, 1.54) is 48.6 Å². The molecular formula is C25H32N2O3. The highest BCUT2D eigenvalue weighted by Gasteiger charge is 2.52. The van der Waals surface area contributed by atoms with E-state index in [-0.39, 0.29) is 11.8 Å². The van der Waals surface area contributed by atoms with Crippen LogP contribution in [-0.2, 0) is 4.74 Å². The van der Waals surface area contributed by atoms with Crippen LogP contribution >= 0.6 is 0 Å². The molecule has 3 heterocycles. The van der Waals surface area contributed by atoms with Gasteiger partial charge in [0.25, 0.3) is 0 Å². The molecule has 5 heteroatoms. The minimum atomic E-state index is -0.295. The third-order valence-corrected chi connectivity index (χ3v) is 7.48. The molecule has 30 heavy (non-hydrogen) atoms. The summed E-state index contributed by atoms with van der Waals surface area (Å²) >= 11 is 0. The van der Waals surface area contributed by atoms with Gasteiger partial charge in [-0.2, -0.15) is 0 Å². The summed E-state index contributed by atoms with van der Waals surface area (Å²) in [5.74, 6) is 1.88. The van der Waals surface area contributed by atoms with Crippen molar-refractivity contribution in [2.45, 2.75) is 56.8 Å². The summed E-state index contributed by atoms with van der Waals surface area (Å²) in [5.41, 5.74) is 0.954. The first-order chi connectivity index (χ1) is 14.9. The number of rotatable bonds is 2. The minimum Gasteiger partial charge on any atom is -0.480 e. The fourth-order valence-electron chi connectivity index (χ4n) is 5.96. The first-order valence-electron chi connectivity index (χ1n) is 11.8. The van der Waals surface area contributed by atoms with Crippen molar-refractivity contribution >= 4 is 16.5 Å². The van der Waals surface area contributed by atoms with Crippen LogP contribution in [0.4, 0.5) is 5.69 Å². The van der Waals surface area contributed by atoms with E-state index in [9.17, 15) is 0 Å². The molecule has 0 radical (unpaired) electrons. The lowest BCUT2D eigenvalue weighted by atomic mass is 9.85. The van der Waals surface area contributed by atoms with Crippen LogP contribution in [0.1, 0.15) is 44.9 Å². The number of piperidine rings is 1. The van der Waals surface area contributed by atoms with Gasteiger partial charge in [0.15, 0.2) is 17.6 Å². The number of hydrogen-bond acceptors (Lipinski definition) is 5. The lowest BCUT2D eigenvalue weighted by Crippen LogP contribution is -2.66. The molecule has 0 N–H and O–H groups in total. The summed E-state index contributed by atoms with van der Waals surface area (Å²) in [6.07, 6.45) is 8.57. The Balaban J connectivity index is 1.47. The molecule has 0 spiro atoms. The standard InChI is InChI=1S/C25H32N2O3/c1-6-12-27(13-7-1)25-11-5-4-10-23(25)29-24-20-9-3-2-8-19(20)21(18-22(24)30-25)26-14-16-28-17-15-26/h2-3,8-9,18,23H,1,4-7,10-17H2/t23-,25+/m0/s1. The van der Waals surface area contributed by atoms with Crippen molar-refractivity contribution in [1.82, 2.24) is 4.90 Å². The summed E-state index contributed by atoms with van der Waals surface area (Å²) in [4.78, 5) is 5.04. The molecule has 2 atom stereocenters. The van der Waals surface area contributed by atoms with Crippen LogP contribution in [-0.4, -0.2) is 56.1 Å². The molecule has 4 aliphatic rings. The quantitative estimate of drug-likeness (QED) is 0.727. The summed E-state index contributed by atoms with van der Waals surface area (Å²) in [7, 11) is 0. The van der Waals surface area contributed by atoms with E-state index in [1.807, 2.05) is 0 Å². The second kappa shape index (κ2) is 7.61. The molecule has 2 aromatic rings. The monoisotopic (exact) mass is 408 g/mol. The molecule has 1 saturated carbocycles. The van der Waals surface area contributed by atoms with Crippen molar-refractivity contribution in [2.24, 2.45) is 0 Å². The zero-order valence-corrected chi connectivity index (χ0v) is 17.8. The predicted octanol–water partition coefficient (Wildman–Crippen LogP) is 4.57. The zero-order chi connectivity index (χ0) is 20.0. The van der Waals surface area contributed by atoms with Gasteiger partial charge in [-0.25, -0.2) is 0 Å². The third-order valence-electron chi connectivity index (χ3n) is 7.48. The first kappa shape index (κ1) is 18.8. The van der Waals surface area contributed by atoms with Crippen molar-refractivity contribution in [3.63, 3.8) is 0 Å². The van der Waals surface area contributed by atoms with Crippen molar-refractivity contribution in [3.05, 3.63) is 30.3 Å². The molecule has 0 unspecified atom stereocenters. The number of fused-ring (bicyclic) bond motifs is 4. The van der Waals surface area contributed by atoms with Gasteiger partial charge in [0.05, 0.1) is 13.2 Å². The Kier molecular flexibility index (Phi) is 4.76. The molecule has 160 valence electrons. The van der Waals surface area contributed by atoms with Gasteiger partial charge >= 0.3 is 0 Å². The van der Waals surface area contributed by atoms with Crippen LogP contribution in [0.25, 0.3) is 10.8 Å². The molecule has 5 nitrogen and oxygen atoms in total. The largest absolute Gasteiger partial charge is 0.480 e. The molecule has 3 aliphatic heterocycles. The number of anilines is 1. The summed E-state index contributed by atoms with van der Waals surface area (Å²) in [5, 5.41) is 2.43. The van der Waals surface area contributed by atoms with E-state index >= 15 is 0 Å². The molecule has 0 aromatic heterocycles.